The molecule has 0 aliphatic heterocycles. The lowest BCUT2D eigenvalue weighted by atomic mass is 9.91. The van der Waals surface area contributed by atoms with Gasteiger partial charge in [0.15, 0.2) is 0 Å². The lowest BCUT2D eigenvalue weighted by molar-refractivity contribution is -0.142. The number of aryl methyl sites for hydroxylation is 1. The molecule has 1 N–H and O–H groups in total. The summed E-state index contributed by atoms with van der Waals surface area (Å²) in [5.74, 6) is -1.74. The van der Waals surface area contributed by atoms with Gasteiger partial charge in [-0.3, -0.25) is 4.79 Å². The Hall–Kier alpha value is -2.35. The van der Waals surface area contributed by atoms with Gasteiger partial charge in [0.05, 0.1) is 24.7 Å². The van der Waals surface area contributed by atoms with Crippen LogP contribution in [0.1, 0.15) is 53.1 Å². The molecule has 1 rings (SSSR count). The number of ether oxygens (including phenoxy) is 1. The van der Waals surface area contributed by atoms with E-state index in [-0.39, 0.29) is 11.5 Å². The van der Waals surface area contributed by atoms with Crippen molar-refractivity contribution >= 4 is 11.9 Å². The number of aromatic carboxylic acids is 1. The van der Waals surface area contributed by atoms with Crippen LogP contribution < -0.4 is 0 Å². The number of methoxy groups -OCH3 is 1. The van der Waals surface area contributed by atoms with Crippen molar-refractivity contribution in [1.82, 2.24) is 0 Å². The molecule has 0 bridgehead atoms. The van der Waals surface area contributed by atoms with Gasteiger partial charge in [-0.15, -0.1) is 0 Å². The van der Waals surface area contributed by atoms with Gasteiger partial charge in [-0.1, -0.05) is 18.6 Å². The summed E-state index contributed by atoms with van der Waals surface area (Å²) in [4.78, 5) is 22.9. The molecule has 1 aromatic rings. The molecule has 5 nitrogen and oxygen atoms in total. The summed E-state index contributed by atoms with van der Waals surface area (Å²) in [5.41, 5.74) is 1.60. The first-order valence-corrected chi connectivity index (χ1v) is 6.80. The lowest BCUT2D eigenvalue weighted by Gasteiger charge is -2.16. The Morgan fingerprint density at radius 2 is 2.10 bits per heavy atom. The molecule has 5 heteroatoms. The van der Waals surface area contributed by atoms with Crippen LogP contribution in [0.25, 0.3) is 0 Å². The molecular weight excluding hydrogens is 270 g/mol. The molecule has 0 aliphatic rings. The van der Waals surface area contributed by atoms with Crippen molar-refractivity contribution in [2.45, 2.75) is 38.5 Å². The third-order valence-corrected chi connectivity index (χ3v) is 3.40. The van der Waals surface area contributed by atoms with E-state index in [9.17, 15) is 9.59 Å². The van der Waals surface area contributed by atoms with E-state index < -0.39 is 11.9 Å². The zero-order chi connectivity index (χ0) is 15.8. The summed E-state index contributed by atoms with van der Waals surface area (Å²) >= 11 is 0. The number of carbonyl (C=O) groups is 2. The number of carboxylic acids is 1. The average molecular weight is 289 g/mol. The first-order valence-electron chi connectivity index (χ1n) is 6.80. The highest BCUT2D eigenvalue weighted by Gasteiger charge is 2.22. The number of rotatable bonds is 7. The third kappa shape index (κ3) is 4.60. The number of carbonyl (C=O) groups excluding carboxylic acids is 1. The van der Waals surface area contributed by atoms with Gasteiger partial charge in [-0.2, -0.15) is 5.26 Å². The predicted octanol–water partition coefficient (Wildman–Crippen LogP) is 3.03. The van der Waals surface area contributed by atoms with Gasteiger partial charge in [-0.05, 0) is 37.0 Å². The summed E-state index contributed by atoms with van der Waals surface area (Å²) in [6, 6.07) is 6.96. The van der Waals surface area contributed by atoms with Crippen LogP contribution in [0.2, 0.25) is 0 Å². The Balaban J connectivity index is 2.93. The van der Waals surface area contributed by atoms with E-state index in [0.717, 1.165) is 18.4 Å². The highest BCUT2D eigenvalue weighted by atomic mass is 16.5. The Bertz CT molecular complexity index is 560. The van der Waals surface area contributed by atoms with Gasteiger partial charge in [0, 0.05) is 6.42 Å². The Labute approximate surface area is 124 Å². The highest BCUT2D eigenvalue weighted by Crippen LogP contribution is 2.26. The maximum atomic E-state index is 11.9. The van der Waals surface area contributed by atoms with Gasteiger partial charge in [0.2, 0.25) is 0 Å². The van der Waals surface area contributed by atoms with E-state index in [4.69, 9.17) is 15.1 Å². The minimum atomic E-state index is -0.984. The lowest BCUT2D eigenvalue weighted by Crippen LogP contribution is -2.15. The number of nitrogens with zero attached hydrogens (tertiary/aromatic N) is 1. The number of unbranched alkanes of at least 4 members (excludes halogenated alkanes) is 2. The Morgan fingerprint density at radius 3 is 2.62 bits per heavy atom. The van der Waals surface area contributed by atoms with Crippen molar-refractivity contribution in [3.8, 4) is 6.07 Å². The van der Waals surface area contributed by atoms with Crippen LogP contribution in [0, 0.1) is 18.3 Å². The van der Waals surface area contributed by atoms with Gasteiger partial charge >= 0.3 is 11.9 Å². The van der Waals surface area contributed by atoms with E-state index in [2.05, 4.69) is 6.07 Å². The summed E-state index contributed by atoms with van der Waals surface area (Å²) in [6.45, 7) is 1.71. The molecule has 0 aliphatic carbocycles. The number of hydrogen-bond acceptors (Lipinski definition) is 4. The molecule has 0 radical (unpaired) electrons. The number of nitriles is 1. The van der Waals surface area contributed by atoms with Crippen LogP contribution in [-0.4, -0.2) is 24.2 Å². The summed E-state index contributed by atoms with van der Waals surface area (Å²) in [7, 11) is 1.34. The van der Waals surface area contributed by atoms with Crippen molar-refractivity contribution < 1.29 is 19.4 Å². The number of carboxylic acid groups (broad SMARTS) is 1. The van der Waals surface area contributed by atoms with Crippen LogP contribution in [0.3, 0.4) is 0 Å². The SMILES string of the molecule is COC(=O)C(CCCCC#N)c1ccc(C(=O)O)c(C)c1. The van der Waals surface area contributed by atoms with Crippen LogP contribution in [0.15, 0.2) is 18.2 Å². The van der Waals surface area contributed by atoms with Crippen molar-refractivity contribution in [3.63, 3.8) is 0 Å². The molecule has 0 heterocycles. The topological polar surface area (TPSA) is 87.4 Å². The van der Waals surface area contributed by atoms with Crippen LogP contribution >= 0.6 is 0 Å². The molecule has 0 amide bonds. The molecule has 0 spiro atoms. The normalized spacial score (nSPS) is 11.5. The summed E-state index contributed by atoms with van der Waals surface area (Å²) < 4.78 is 4.82. The second kappa shape index (κ2) is 8.05. The van der Waals surface area contributed by atoms with Crippen LogP contribution in [-0.2, 0) is 9.53 Å². The van der Waals surface area contributed by atoms with Gasteiger partial charge in [-0.25, -0.2) is 4.79 Å². The minimum Gasteiger partial charge on any atom is -0.478 e. The zero-order valence-corrected chi connectivity index (χ0v) is 12.3. The molecule has 1 atom stereocenters. The molecule has 0 fully saturated rings. The third-order valence-electron chi connectivity index (χ3n) is 3.40. The smallest absolute Gasteiger partial charge is 0.335 e. The molecular formula is C16H19NO4. The molecule has 1 unspecified atom stereocenters. The summed E-state index contributed by atoms with van der Waals surface area (Å²) in [6.07, 6.45) is 2.52. The first-order chi connectivity index (χ1) is 10.0. The minimum absolute atomic E-state index is 0.229. The molecule has 1 aromatic carbocycles. The van der Waals surface area contributed by atoms with Crippen LogP contribution in [0.5, 0.6) is 0 Å². The van der Waals surface area contributed by atoms with E-state index in [1.54, 1.807) is 19.1 Å². The Morgan fingerprint density at radius 1 is 1.38 bits per heavy atom. The van der Waals surface area contributed by atoms with E-state index >= 15 is 0 Å². The summed E-state index contributed by atoms with van der Waals surface area (Å²) in [5, 5.41) is 17.6. The standard InChI is InChI=1S/C16H19NO4/c1-11-10-12(7-8-13(11)15(18)19)14(16(20)21-2)6-4-3-5-9-17/h7-8,10,14H,3-6H2,1-2H3,(H,18,19). The maximum absolute atomic E-state index is 11.9. The van der Waals surface area contributed by atoms with Crippen LogP contribution in [0.4, 0.5) is 0 Å². The molecule has 112 valence electrons. The van der Waals surface area contributed by atoms with Gasteiger partial charge in [0.1, 0.15) is 0 Å². The van der Waals surface area contributed by atoms with E-state index in [0.29, 0.717) is 18.4 Å². The maximum Gasteiger partial charge on any atom is 0.335 e. The Kier molecular flexibility index (Phi) is 6.41. The van der Waals surface area contributed by atoms with Gasteiger partial charge < -0.3 is 9.84 Å². The van der Waals surface area contributed by atoms with Crippen molar-refractivity contribution in [2.24, 2.45) is 0 Å². The number of esters is 1. The van der Waals surface area contributed by atoms with E-state index in [1.165, 1.54) is 13.2 Å². The fourth-order valence-electron chi connectivity index (χ4n) is 2.26. The molecule has 0 saturated heterocycles. The average Bonchev–Trinajstić information content (AvgIpc) is 2.46. The fourth-order valence-corrected chi connectivity index (χ4v) is 2.26. The first kappa shape index (κ1) is 16.7. The quantitative estimate of drug-likeness (QED) is 0.615. The predicted molar refractivity (Wildman–Crippen MR) is 77.0 cm³/mol. The molecule has 21 heavy (non-hydrogen) atoms. The van der Waals surface area contributed by atoms with Crippen molar-refractivity contribution in [2.75, 3.05) is 7.11 Å². The number of hydrogen-bond donors (Lipinski definition) is 1. The fraction of sp³-hybridized carbons (Fsp3) is 0.438. The second-order valence-corrected chi connectivity index (χ2v) is 4.86. The molecule has 0 aromatic heterocycles. The second-order valence-electron chi connectivity index (χ2n) is 4.86. The van der Waals surface area contributed by atoms with Crippen molar-refractivity contribution in [1.29, 1.82) is 5.26 Å². The highest BCUT2D eigenvalue weighted by molar-refractivity contribution is 5.89. The largest absolute Gasteiger partial charge is 0.478 e. The van der Waals surface area contributed by atoms with Gasteiger partial charge in [0.25, 0.3) is 0 Å². The van der Waals surface area contributed by atoms with E-state index in [1.807, 2.05) is 0 Å². The molecule has 0 saturated carbocycles. The zero-order valence-electron chi connectivity index (χ0n) is 12.3. The number of benzene rings is 1. The van der Waals surface area contributed by atoms with Crippen molar-refractivity contribution in [3.05, 3.63) is 34.9 Å². The monoisotopic (exact) mass is 289 g/mol.